The lowest BCUT2D eigenvalue weighted by molar-refractivity contribution is -0.136. The summed E-state index contributed by atoms with van der Waals surface area (Å²) < 4.78 is 0. The predicted molar refractivity (Wildman–Crippen MR) is 74.0 cm³/mol. The highest BCUT2D eigenvalue weighted by Gasteiger charge is 2.27. The minimum absolute atomic E-state index is 0.0453. The van der Waals surface area contributed by atoms with Gasteiger partial charge in [0.2, 0.25) is 11.8 Å². The Labute approximate surface area is 119 Å². The molecule has 0 aromatic heterocycles. The van der Waals surface area contributed by atoms with Crippen molar-refractivity contribution in [3.05, 3.63) is 0 Å². The molecule has 1 fully saturated rings. The number of likely N-dealkylation sites (tertiary alicyclic amines) is 1. The van der Waals surface area contributed by atoms with E-state index in [-0.39, 0.29) is 23.8 Å². The lowest BCUT2D eigenvalue weighted by Gasteiger charge is -2.33. The Morgan fingerprint density at radius 2 is 2.10 bits per heavy atom. The summed E-state index contributed by atoms with van der Waals surface area (Å²) in [6, 6.07) is 2.16. The number of amides is 2. The van der Waals surface area contributed by atoms with Crippen LogP contribution in [0.5, 0.6) is 0 Å². The molecule has 1 saturated heterocycles. The van der Waals surface area contributed by atoms with Crippen LogP contribution in [0.2, 0.25) is 0 Å². The van der Waals surface area contributed by atoms with Crippen molar-refractivity contribution in [3.63, 3.8) is 0 Å². The van der Waals surface area contributed by atoms with Crippen molar-refractivity contribution in [2.45, 2.75) is 32.2 Å². The number of carbonyl (C=O) groups excluding carboxylic acids is 2. The Morgan fingerprint density at radius 3 is 2.60 bits per heavy atom. The van der Waals surface area contributed by atoms with E-state index in [1.54, 1.807) is 4.90 Å². The van der Waals surface area contributed by atoms with Crippen LogP contribution < -0.4 is 11.3 Å². The first-order valence-corrected chi connectivity index (χ1v) is 6.85. The second-order valence-corrected chi connectivity index (χ2v) is 5.29. The molecule has 0 spiro atoms. The highest BCUT2D eigenvalue weighted by Crippen LogP contribution is 2.17. The van der Waals surface area contributed by atoms with Crippen LogP contribution in [-0.4, -0.2) is 54.3 Å². The van der Waals surface area contributed by atoms with Crippen molar-refractivity contribution in [3.8, 4) is 6.07 Å². The Bertz CT molecular complexity index is 385. The lowest BCUT2D eigenvalue weighted by Crippen LogP contribution is -2.47. The first kappa shape index (κ1) is 16.4. The molecule has 1 unspecified atom stereocenters. The summed E-state index contributed by atoms with van der Waals surface area (Å²) in [5.74, 6) is 4.90. The Morgan fingerprint density at radius 1 is 1.50 bits per heavy atom. The fourth-order valence-corrected chi connectivity index (χ4v) is 2.27. The molecule has 0 aliphatic carbocycles. The number of nitrogens with one attached hydrogen (secondary N) is 1. The fourth-order valence-electron chi connectivity index (χ4n) is 2.27. The molecule has 1 heterocycles. The van der Waals surface area contributed by atoms with E-state index in [0.29, 0.717) is 38.9 Å². The number of hydrogen-bond donors (Lipinski definition) is 2. The summed E-state index contributed by atoms with van der Waals surface area (Å²) >= 11 is 0. The number of likely N-dealkylation sites (N-methyl/N-ethyl adjacent to an activating group) is 1. The van der Waals surface area contributed by atoms with E-state index in [1.807, 2.05) is 18.9 Å². The summed E-state index contributed by atoms with van der Waals surface area (Å²) in [5.41, 5.74) is 2.16. The molecule has 0 saturated carbocycles. The van der Waals surface area contributed by atoms with Gasteiger partial charge >= 0.3 is 0 Å². The van der Waals surface area contributed by atoms with Crippen molar-refractivity contribution >= 4 is 11.8 Å². The standard InChI is InChI=1S/C13H23N5O2/c1-10(3-6-14)17(2)9-12(19)18-7-4-11(5-8-18)13(20)16-15/h10-11H,3-5,7-9,15H2,1-2H3,(H,16,20). The van der Waals surface area contributed by atoms with E-state index in [0.717, 1.165) is 0 Å². The van der Waals surface area contributed by atoms with Gasteiger partial charge in [0.1, 0.15) is 0 Å². The highest BCUT2D eigenvalue weighted by molar-refractivity contribution is 5.80. The minimum atomic E-state index is -0.156. The normalized spacial score (nSPS) is 17.6. The number of nitrogens with two attached hydrogens (primary N) is 1. The van der Waals surface area contributed by atoms with Crippen LogP contribution in [0, 0.1) is 17.2 Å². The second-order valence-electron chi connectivity index (χ2n) is 5.29. The molecule has 3 N–H and O–H groups in total. The summed E-state index contributed by atoms with van der Waals surface area (Å²) in [4.78, 5) is 27.2. The predicted octanol–water partition coefficient (Wildman–Crippen LogP) is -0.551. The van der Waals surface area contributed by atoms with Gasteiger partial charge in [0.25, 0.3) is 0 Å². The number of nitriles is 1. The van der Waals surface area contributed by atoms with Crippen LogP contribution in [0.1, 0.15) is 26.2 Å². The quantitative estimate of drug-likeness (QED) is 0.400. The van der Waals surface area contributed by atoms with Gasteiger partial charge in [0, 0.05) is 25.0 Å². The molecule has 0 aromatic rings. The molecular weight excluding hydrogens is 258 g/mol. The fraction of sp³-hybridized carbons (Fsp3) is 0.769. The van der Waals surface area contributed by atoms with Gasteiger partial charge in [-0.05, 0) is 26.8 Å². The molecule has 0 radical (unpaired) electrons. The summed E-state index contributed by atoms with van der Waals surface area (Å²) in [6.07, 6.45) is 1.70. The van der Waals surface area contributed by atoms with Crippen molar-refractivity contribution in [2.75, 3.05) is 26.7 Å². The van der Waals surface area contributed by atoms with E-state index in [4.69, 9.17) is 11.1 Å². The molecule has 2 amide bonds. The van der Waals surface area contributed by atoms with Crippen LogP contribution in [0.3, 0.4) is 0 Å². The van der Waals surface area contributed by atoms with Gasteiger partial charge in [-0.1, -0.05) is 0 Å². The molecule has 7 heteroatoms. The maximum Gasteiger partial charge on any atom is 0.237 e. The molecule has 1 rings (SSSR count). The van der Waals surface area contributed by atoms with Gasteiger partial charge in [-0.15, -0.1) is 0 Å². The Kier molecular flexibility index (Phi) is 6.42. The molecule has 1 aliphatic heterocycles. The van der Waals surface area contributed by atoms with Crippen molar-refractivity contribution in [2.24, 2.45) is 11.8 Å². The molecule has 7 nitrogen and oxygen atoms in total. The summed E-state index contributed by atoms with van der Waals surface area (Å²) in [5, 5.41) is 8.65. The molecule has 20 heavy (non-hydrogen) atoms. The van der Waals surface area contributed by atoms with Crippen LogP contribution >= 0.6 is 0 Å². The SMILES string of the molecule is CC(CC#N)N(C)CC(=O)N1CCC(C(=O)NN)CC1. The molecule has 1 atom stereocenters. The number of hydrazine groups is 1. The number of nitrogens with zero attached hydrogens (tertiary/aromatic N) is 3. The first-order valence-electron chi connectivity index (χ1n) is 6.85. The zero-order chi connectivity index (χ0) is 15.1. The third-order valence-electron chi connectivity index (χ3n) is 3.88. The van der Waals surface area contributed by atoms with E-state index in [2.05, 4.69) is 11.5 Å². The minimum Gasteiger partial charge on any atom is -0.342 e. The van der Waals surface area contributed by atoms with Crippen molar-refractivity contribution in [1.29, 1.82) is 5.26 Å². The number of piperidine rings is 1. The molecule has 0 bridgehead atoms. The third-order valence-corrected chi connectivity index (χ3v) is 3.88. The van der Waals surface area contributed by atoms with Crippen LogP contribution in [0.25, 0.3) is 0 Å². The van der Waals surface area contributed by atoms with Gasteiger partial charge in [0.15, 0.2) is 0 Å². The van der Waals surface area contributed by atoms with Gasteiger partial charge in [0.05, 0.1) is 19.0 Å². The number of carbonyl (C=O) groups is 2. The topological polar surface area (TPSA) is 102 Å². The van der Waals surface area contributed by atoms with E-state index >= 15 is 0 Å². The third kappa shape index (κ3) is 4.47. The Balaban J connectivity index is 2.39. The lowest BCUT2D eigenvalue weighted by atomic mass is 9.96. The van der Waals surface area contributed by atoms with Gasteiger partial charge in [-0.3, -0.25) is 19.9 Å². The smallest absolute Gasteiger partial charge is 0.237 e. The average Bonchev–Trinajstić information content (AvgIpc) is 2.46. The number of hydrogen-bond acceptors (Lipinski definition) is 5. The first-order chi connectivity index (χ1) is 9.49. The Hall–Kier alpha value is -1.65. The van der Waals surface area contributed by atoms with E-state index in [9.17, 15) is 9.59 Å². The van der Waals surface area contributed by atoms with Crippen LogP contribution in [0.4, 0.5) is 0 Å². The second kappa shape index (κ2) is 7.82. The maximum absolute atomic E-state index is 12.1. The number of rotatable bonds is 5. The summed E-state index contributed by atoms with van der Waals surface area (Å²) in [7, 11) is 1.84. The van der Waals surface area contributed by atoms with Crippen molar-refractivity contribution in [1.82, 2.24) is 15.2 Å². The van der Waals surface area contributed by atoms with E-state index in [1.165, 1.54) is 0 Å². The summed E-state index contributed by atoms with van der Waals surface area (Å²) in [6.45, 7) is 3.39. The van der Waals surface area contributed by atoms with Crippen LogP contribution in [-0.2, 0) is 9.59 Å². The maximum atomic E-state index is 12.1. The molecular formula is C13H23N5O2. The van der Waals surface area contributed by atoms with Gasteiger partial charge in [-0.25, -0.2) is 5.84 Å². The van der Waals surface area contributed by atoms with Gasteiger partial charge < -0.3 is 4.90 Å². The average molecular weight is 281 g/mol. The highest BCUT2D eigenvalue weighted by atomic mass is 16.2. The molecule has 112 valence electrons. The molecule has 1 aliphatic rings. The molecule has 0 aromatic carbocycles. The van der Waals surface area contributed by atoms with Crippen LogP contribution in [0.15, 0.2) is 0 Å². The zero-order valence-electron chi connectivity index (χ0n) is 12.1. The monoisotopic (exact) mass is 281 g/mol. The largest absolute Gasteiger partial charge is 0.342 e. The van der Waals surface area contributed by atoms with Gasteiger partial charge in [-0.2, -0.15) is 5.26 Å². The van der Waals surface area contributed by atoms with Crippen molar-refractivity contribution < 1.29 is 9.59 Å². The van der Waals surface area contributed by atoms with E-state index < -0.39 is 0 Å². The zero-order valence-corrected chi connectivity index (χ0v) is 12.1.